The number of aryl methyl sites for hydroxylation is 1. The van der Waals surface area contributed by atoms with Crippen molar-refractivity contribution in [2.45, 2.75) is 6.17 Å². The Morgan fingerprint density at radius 2 is 2.18 bits per heavy atom. The molecule has 0 aliphatic rings. The quantitative estimate of drug-likeness (QED) is 0.451. The average Bonchev–Trinajstić information content (AvgIpc) is 2.56. The topological polar surface area (TPSA) is 76.4 Å². The van der Waals surface area contributed by atoms with Crippen LogP contribution in [0.3, 0.4) is 0 Å². The Morgan fingerprint density at radius 3 is 2.76 bits per heavy atom. The van der Waals surface area contributed by atoms with Gasteiger partial charge >= 0.3 is 5.76 Å². The van der Waals surface area contributed by atoms with Gasteiger partial charge in [-0.3, -0.25) is 15.3 Å². The predicted molar refractivity (Wildman–Crippen MR) is 65.2 cm³/mol. The van der Waals surface area contributed by atoms with Crippen LogP contribution in [-0.4, -0.2) is 23.6 Å². The van der Waals surface area contributed by atoms with Gasteiger partial charge in [-0.25, -0.2) is 10.2 Å². The lowest BCUT2D eigenvalue weighted by Crippen LogP contribution is -2.37. The van der Waals surface area contributed by atoms with Crippen LogP contribution in [0.15, 0.2) is 27.4 Å². The Balaban J connectivity index is 2.57. The Morgan fingerprint density at radius 1 is 1.47 bits per heavy atom. The smallest absolute Gasteiger partial charge is 0.408 e. The van der Waals surface area contributed by atoms with E-state index in [1.54, 1.807) is 13.1 Å². The Labute approximate surface area is 98.6 Å². The van der Waals surface area contributed by atoms with Crippen molar-refractivity contribution >= 4 is 11.1 Å². The van der Waals surface area contributed by atoms with Crippen molar-refractivity contribution in [2.24, 2.45) is 12.9 Å². The number of nitrogens with one attached hydrogen (secondary N) is 1. The van der Waals surface area contributed by atoms with E-state index < -0.39 is 0 Å². The first-order valence-corrected chi connectivity index (χ1v) is 5.26. The zero-order valence-corrected chi connectivity index (χ0v) is 10.1. The number of hydrogen-bond donors (Lipinski definition) is 2. The van der Waals surface area contributed by atoms with Gasteiger partial charge in [0.15, 0.2) is 5.58 Å². The summed E-state index contributed by atoms with van der Waals surface area (Å²) in [4.78, 5) is 13.3. The van der Waals surface area contributed by atoms with Crippen molar-refractivity contribution in [1.29, 1.82) is 0 Å². The Kier molecular flexibility index (Phi) is 3.01. The zero-order valence-electron chi connectivity index (χ0n) is 10.1. The molecule has 6 nitrogen and oxygen atoms in total. The first kappa shape index (κ1) is 11.8. The number of oxazole rings is 1. The largest absolute Gasteiger partial charge is 0.419 e. The summed E-state index contributed by atoms with van der Waals surface area (Å²) in [6, 6.07) is 5.56. The minimum absolute atomic E-state index is 0.107. The van der Waals surface area contributed by atoms with E-state index in [2.05, 4.69) is 5.43 Å². The molecule has 0 saturated carbocycles. The van der Waals surface area contributed by atoms with Crippen molar-refractivity contribution in [3.63, 3.8) is 0 Å². The van der Waals surface area contributed by atoms with Crippen LogP contribution >= 0.6 is 0 Å². The molecule has 1 aromatic heterocycles. The normalized spacial score (nSPS) is 13.5. The minimum Gasteiger partial charge on any atom is -0.408 e. The zero-order chi connectivity index (χ0) is 12.6. The van der Waals surface area contributed by atoms with Crippen molar-refractivity contribution in [3.8, 4) is 0 Å². The molecule has 0 bridgehead atoms. The van der Waals surface area contributed by atoms with Crippen LogP contribution in [0.5, 0.6) is 0 Å². The van der Waals surface area contributed by atoms with E-state index in [1.165, 1.54) is 4.57 Å². The lowest BCUT2D eigenvalue weighted by atomic mass is 10.1. The van der Waals surface area contributed by atoms with Crippen LogP contribution < -0.4 is 17.0 Å². The standard InChI is InChI=1S/C11H16N4O2/c1-14(2)10(13-12)7-4-5-9-8(6-7)15(3)11(16)17-9/h4-6,10,13H,12H2,1-3H3. The van der Waals surface area contributed by atoms with E-state index in [9.17, 15) is 4.79 Å². The van der Waals surface area contributed by atoms with Gasteiger partial charge in [-0.1, -0.05) is 6.07 Å². The molecule has 1 unspecified atom stereocenters. The number of nitrogens with zero attached hydrogens (tertiary/aromatic N) is 2. The maximum absolute atomic E-state index is 11.4. The molecule has 0 aliphatic heterocycles. The summed E-state index contributed by atoms with van der Waals surface area (Å²) in [5.41, 5.74) is 5.03. The maximum atomic E-state index is 11.4. The number of hydrazine groups is 1. The van der Waals surface area contributed by atoms with Crippen molar-refractivity contribution < 1.29 is 4.42 Å². The van der Waals surface area contributed by atoms with Crippen LogP contribution in [0, 0.1) is 0 Å². The maximum Gasteiger partial charge on any atom is 0.419 e. The molecule has 1 heterocycles. The summed E-state index contributed by atoms with van der Waals surface area (Å²) >= 11 is 0. The lowest BCUT2D eigenvalue weighted by molar-refractivity contribution is 0.253. The molecule has 0 fully saturated rings. The molecule has 0 aliphatic carbocycles. The van der Waals surface area contributed by atoms with Gasteiger partial charge in [0.1, 0.15) is 0 Å². The van der Waals surface area contributed by atoms with Gasteiger partial charge in [-0.2, -0.15) is 0 Å². The van der Waals surface area contributed by atoms with Gasteiger partial charge < -0.3 is 4.42 Å². The van der Waals surface area contributed by atoms with Crippen LogP contribution in [0.25, 0.3) is 11.1 Å². The summed E-state index contributed by atoms with van der Waals surface area (Å²) in [5, 5.41) is 0. The molecule has 1 atom stereocenters. The van der Waals surface area contributed by atoms with E-state index in [1.807, 2.05) is 31.1 Å². The summed E-state index contributed by atoms with van der Waals surface area (Å²) in [5.74, 6) is 5.15. The van der Waals surface area contributed by atoms with Crippen molar-refractivity contribution in [3.05, 3.63) is 34.3 Å². The highest BCUT2D eigenvalue weighted by Crippen LogP contribution is 2.20. The molecule has 3 N–H and O–H groups in total. The third-order valence-electron chi connectivity index (χ3n) is 2.81. The highest BCUT2D eigenvalue weighted by molar-refractivity contribution is 5.73. The van der Waals surface area contributed by atoms with Crippen molar-refractivity contribution in [1.82, 2.24) is 14.9 Å². The number of benzene rings is 1. The monoisotopic (exact) mass is 236 g/mol. The van der Waals surface area contributed by atoms with E-state index in [-0.39, 0.29) is 11.9 Å². The molecule has 1 aromatic carbocycles. The van der Waals surface area contributed by atoms with Gasteiger partial charge in [0.2, 0.25) is 0 Å². The first-order chi connectivity index (χ1) is 8.04. The summed E-state index contributed by atoms with van der Waals surface area (Å²) < 4.78 is 6.54. The molecule has 0 amide bonds. The SMILES string of the molecule is CN(C)C(NN)c1ccc2oc(=O)n(C)c2c1. The van der Waals surface area contributed by atoms with E-state index in [0.717, 1.165) is 11.1 Å². The summed E-state index contributed by atoms with van der Waals surface area (Å²) in [6.45, 7) is 0. The average molecular weight is 236 g/mol. The fourth-order valence-electron chi connectivity index (χ4n) is 1.86. The number of fused-ring (bicyclic) bond motifs is 1. The molecule has 2 rings (SSSR count). The number of aromatic nitrogens is 1. The molecule has 2 aromatic rings. The van der Waals surface area contributed by atoms with Gasteiger partial charge in [-0.15, -0.1) is 0 Å². The molecule has 17 heavy (non-hydrogen) atoms. The Hall–Kier alpha value is -1.63. The molecule has 0 spiro atoms. The number of nitrogens with two attached hydrogens (primary N) is 1. The van der Waals surface area contributed by atoms with Crippen LogP contribution in [0.2, 0.25) is 0 Å². The van der Waals surface area contributed by atoms with Gasteiger partial charge in [0, 0.05) is 7.05 Å². The third kappa shape index (κ3) is 1.97. The van der Waals surface area contributed by atoms with E-state index >= 15 is 0 Å². The van der Waals surface area contributed by atoms with Gasteiger partial charge in [0.25, 0.3) is 0 Å². The molecule has 6 heteroatoms. The fourth-order valence-corrected chi connectivity index (χ4v) is 1.86. The first-order valence-electron chi connectivity index (χ1n) is 5.26. The number of hydrogen-bond acceptors (Lipinski definition) is 5. The highest BCUT2D eigenvalue weighted by atomic mass is 16.4. The second kappa shape index (κ2) is 4.33. The Bertz CT molecular complexity index is 585. The number of rotatable bonds is 3. The summed E-state index contributed by atoms with van der Waals surface area (Å²) in [7, 11) is 5.52. The minimum atomic E-state index is -0.362. The van der Waals surface area contributed by atoms with Crippen LogP contribution in [0.1, 0.15) is 11.7 Å². The lowest BCUT2D eigenvalue weighted by Gasteiger charge is -2.23. The third-order valence-corrected chi connectivity index (χ3v) is 2.81. The second-order valence-electron chi connectivity index (χ2n) is 4.19. The molecule has 0 radical (unpaired) electrons. The molecule has 92 valence electrons. The fraction of sp³-hybridized carbons (Fsp3) is 0.364. The van der Waals surface area contributed by atoms with Crippen molar-refractivity contribution in [2.75, 3.05) is 14.1 Å². The van der Waals surface area contributed by atoms with E-state index in [4.69, 9.17) is 10.3 Å². The second-order valence-corrected chi connectivity index (χ2v) is 4.19. The molecular formula is C11H16N4O2. The molecular weight excluding hydrogens is 220 g/mol. The van der Waals surface area contributed by atoms with Crippen LogP contribution in [-0.2, 0) is 7.05 Å². The summed E-state index contributed by atoms with van der Waals surface area (Å²) in [6.07, 6.45) is -0.107. The predicted octanol–water partition coefficient (Wildman–Crippen LogP) is 0.155. The van der Waals surface area contributed by atoms with Gasteiger partial charge in [0.05, 0.1) is 11.7 Å². The van der Waals surface area contributed by atoms with Gasteiger partial charge in [-0.05, 0) is 31.8 Å². The molecule has 0 saturated heterocycles. The van der Waals surface area contributed by atoms with Crippen LogP contribution in [0.4, 0.5) is 0 Å². The van der Waals surface area contributed by atoms with E-state index in [0.29, 0.717) is 5.58 Å². The highest BCUT2D eigenvalue weighted by Gasteiger charge is 2.14.